The molecule has 14 heavy (non-hydrogen) atoms. The summed E-state index contributed by atoms with van der Waals surface area (Å²) in [7, 11) is 3.93. The van der Waals surface area contributed by atoms with Crippen molar-refractivity contribution in [2.24, 2.45) is 0 Å². The van der Waals surface area contributed by atoms with E-state index in [0.29, 0.717) is 14.6 Å². The molecule has 1 nitrogen and oxygen atoms in total. The fraction of sp³-hybridized carbons (Fsp3) is 0.250. The van der Waals surface area contributed by atoms with Gasteiger partial charge in [-0.3, -0.25) is 0 Å². The predicted molar refractivity (Wildman–Crippen MR) is 82.7 cm³/mol. The normalized spacial score (nSPS) is 14.9. The molecular formula is C8H12IOP3S. The van der Waals surface area contributed by atoms with E-state index in [0.717, 1.165) is 14.4 Å². The van der Waals surface area contributed by atoms with E-state index in [1.807, 2.05) is 0 Å². The van der Waals surface area contributed by atoms with Crippen molar-refractivity contribution >= 4 is 53.9 Å². The summed E-state index contributed by atoms with van der Waals surface area (Å²) in [6, 6.07) is 8.52. The van der Waals surface area contributed by atoms with Gasteiger partial charge in [-0.2, -0.15) is 0 Å². The zero-order valence-corrected chi connectivity index (χ0v) is 13.5. The minimum Gasteiger partial charge on any atom is -0.304 e. The summed E-state index contributed by atoms with van der Waals surface area (Å²) >= 11 is 2.16. The summed E-state index contributed by atoms with van der Waals surface area (Å²) < 4.78 is 12.6. The minimum absolute atomic E-state index is 0.279. The van der Waals surface area contributed by atoms with Crippen molar-refractivity contribution in [3.63, 3.8) is 0 Å². The first-order chi connectivity index (χ1) is 7.26. The molecule has 0 amide bonds. The molecule has 0 aliphatic carbocycles. The lowest BCUT2D eigenvalue weighted by Gasteiger charge is -2.03. The van der Waals surface area contributed by atoms with Crippen LogP contribution in [0.25, 0.3) is 0 Å². The van der Waals surface area contributed by atoms with Gasteiger partial charge in [0.1, 0.15) is 1.28 Å². The molecule has 1 aromatic rings. The lowest BCUT2D eigenvalue weighted by atomic mass is 10.2. The van der Waals surface area contributed by atoms with Gasteiger partial charge >= 0.3 is 0 Å². The zero-order chi connectivity index (χ0) is 11.1. The van der Waals surface area contributed by atoms with Gasteiger partial charge in [0.2, 0.25) is 0 Å². The molecule has 0 N–H and O–H groups in total. The second-order valence-corrected chi connectivity index (χ2v) is 10.8. The summed E-state index contributed by atoms with van der Waals surface area (Å²) in [5.74, 6) is 0. The summed E-state index contributed by atoms with van der Waals surface area (Å²) in [5.41, 5.74) is 2.56. The number of rotatable bonds is 5. The molecule has 0 heterocycles. The first kappa shape index (κ1) is 11.9. The number of hydrogen-bond donors (Lipinski definition) is 0. The van der Waals surface area contributed by atoms with Gasteiger partial charge in [0.05, 0.1) is 6.61 Å². The Kier molecular flexibility index (Phi) is 6.50. The highest BCUT2D eigenvalue weighted by Gasteiger charge is 1.95. The van der Waals surface area contributed by atoms with Crippen molar-refractivity contribution in [1.29, 1.82) is 1.28 Å². The minimum atomic E-state index is -0.279. The van der Waals surface area contributed by atoms with E-state index in [4.69, 9.17) is 5.46 Å². The van der Waals surface area contributed by atoms with E-state index in [2.05, 4.69) is 54.4 Å². The quantitative estimate of drug-likeness (QED) is 0.554. The molecular weight excluding hydrogens is 364 g/mol. The van der Waals surface area contributed by atoms with Gasteiger partial charge in [-0.25, -0.2) is 0 Å². The van der Waals surface area contributed by atoms with Crippen LogP contribution >= 0.6 is 46.4 Å². The van der Waals surface area contributed by atoms with Crippen LogP contribution in [-0.4, -0.2) is 1.28 Å². The van der Waals surface area contributed by atoms with Crippen LogP contribution in [0.15, 0.2) is 24.3 Å². The number of halogens is 1. The monoisotopic (exact) mass is 378 g/mol. The second-order valence-electron chi connectivity index (χ2n) is 2.67. The van der Waals surface area contributed by atoms with E-state index >= 15 is 0 Å². The molecule has 0 fully saturated rings. The van der Waals surface area contributed by atoms with Gasteiger partial charge in [-0.15, -0.1) is 8.93 Å². The summed E-state index contributed by atoms with van der Waals surface area (Å²) in [4.78, 5) is 0. The van der Waals surface area contributed by atoms with Crippen LogP contribution in [0.4, 0.5) is 0 Å². The molecule has 0 aliphatic rings. The third-order valence-corrected chi connectivity index (χ3v) is 4.27. The van der Waals surface area contributed by atoms with Crippen LogP contribution in [0.2, 0.25) is 0 Å². The molecule has 3 atom stereocenters. The summed E-state index contributed by atoms with van der Waals surface area (Å²) in [6.45, 7) is 0.612. The molecule has 0 saturated heterocycles. The van der Waals surface area contributed by atoms with Gasteiger partial charge in [-0.1, -0.05) is 40.5 Å². The van der Waals surface area contributed by atoms with Crippen LogP contribution in [-0.2, 0) is 24.5 Å². The van der Waals surface area contributed by atoms with E-state index in [9.17, 15) is 0 Å². The smallest absolute Gasteiger partial charge is 0.102 e. The first-order valence-electron chi connectivity index (χ1n) is 4.41. The first-order valence-corrected chi connectivity index (χ1v) is 11.7. The van der Waals surface area contributed by atoms with Crippen LogP contribution < -0.4 is 0 Å². The van der Waals surface area contributed by atoms with Crippen molar-refractivity contribution < 1.29 is 4.18 Å². The van der Waals surface area contributed by atoms with E-state index in [-0.39, 0.29) is 7.53 Å². The number of benzene rings is 1. The lowest BCUT2D eigenvalue weighted by molar-refractivity contribution is 0.366. The van der Waals surface area contributed by atoms with Crippen molar-refractivity contribution in [2.45, 2.75) is 12.8 Å². The van der Waals surface area contributed by atoms with Gasteiger partial charge < -0.3 is 4.18 Å². The Labute approximate surface area is 107 Å². The standard InChI is InChI=1S/C8H12IOP3S/c9-14(12)10-5-7-1-3-8(4-2-7)6-13-11/h1-4,12-13H,5-6,11H2/i12T. The maximum Gasteiger partial charge on any atom is 0.102 e. The van der Waals surface area contributed by atoms with Crippen LogP contribution in [0.5, 0.6) is 0 Å². The highest BCUT2D eigenvalue weighted by Crippen LogP contribution is 2.25. The molecule has 1 rings (SSSR count). The van der Waals surface area contributed by atoms with E-state index < -0.39 is 0 Å². The van der Waals surface area contributed by atoms with Crippen LogP contribution in [0.3, 0.4) is 0 Å². The number of hydrogen-bond acceptors (Lipinski definition) is 1. The molecule has 0 spiro atoms. The molecule has 1 aromatic carbocycles. The summed E-state index contributed by atoms with van der Waals surface area (Å²) in [5, 5.41) is 0. The molecule has 0 radical (unpaired) electrons. The third kappa shape index (κ3) is 5.49. The van der Waals surface area contributed by atoms with Crippen LogP contribution in [0.1, 0.15) is 11.1 Å². The summed E-state index contributed by atoms with van der Waals surface area (Å²) in [6.07, 6.45) is 1.13. The lowest BCUT2D eigenvalue weighted by Crippen LogP contribution is -1.89. The maximum atomic E-state index is 7.11. The molecule has 3 unspecified atom stereocenters. The molecule has 0 bridgehead atoms. The van der Waals surface area contributed by atoms with Gasteiger partial charge in [-0.05, 0) is 17.3 Å². The Bertz CT molecular complexity index is 333. The van der Waals surface area contributed by atoms with Crippen molar-refractivity contribution in [3.05, 3.63) is 35.4 Å². The van der Waals surface area contributed by atoms with E-state index in [1.54, 1.807) is 0 Å². The fourth-order valence-corrected chi connectivity index (χ4v) is 2.94. The molecule has 6 heteroatoms. The maximum absolute atomic E-state index is 7.11. The second kappa shape index (κ2) is 7.65. The Balaban J connectivity index is 2.49. The predicted octanol–water partition coefficient (Wildman–Crippen LogP) is 4.11. The zero-order valence-electron chi connectivity index (χ0n) is 8.44. The average Bonchev–Trinajstić information content (AvgIpc) is 2.28. The Hall–Kier alpha value is 1.42. The molecule has 78 valence electrons. The van der Waals surface area contributed by atoms with E-state index in [1.165, 1.54) is 11.1 Å². The van der Waals surface area contributed by atoms with Gasteiger partial charge in [0, 0.05) is 28.7 Å². The molecule has 0 aliphatic heterocycles. The SMILES string of the molecule is [3H]P=S(I)OCc1ccc(CPP)cc1. The highest BCUT2D eigenvalue weighted by atomic mass is 127. The van der Waals surface area contributed by atoms with Gasteiger partial charge in [0.25, 0.3) is 0 Å². The largest absolute Gasteiger partial charge is 0.304 e. The molecule has 0 aromatic heterocycles. The van der Waals surface area contributed by atoms with Gasteiger partial charge in [0.15, 0.2) is 0 Å². The van der Waals surface area contributed by atoms with Crippen LogP contribution in [0, 0.1) is 0 Å². The molecule has 0 saturated carbocycles. The Morgan fingerprint density at radius 2 is 2.14 bits per heavy atom. The highest BCUT2D eigenvalue weighted by molar-refractivity contribution is 14.2. The third-order valence-electron chi connectivity index (χ3n) is 1.65. The Morgan fingerprint density at radius 3 is 2.71 bits per heavy atom. The average molecular weight is 378 g/mol. The topological polar surface area (TPSA) is 9.23 Å². The van der Waals surface area contributed by atoms with Crippen molar-refractivity contribution in [2.75, 3.05) is 0 Å². The van der Waals surface area contributed by atoms with Crippen molar-refractivity contribution in [1.82, 2.24) is 0 Å². The van der Waals surface area contributed by atoms with Crippen molar-refractivity contribution in [3.8, 4) is 0 Å². The Morgan fingerprint density at radius 1 is 1.50 bits per heavy atom. The fourth-order valence-electron chi connectivity index (χ4n) is 0.988.